The third-order valence-electron chi connectivity index (χ3n) is 12.6. The van der Waals surface area contributed by atoms with E-state index in [-0.39, 0.29) is 0 Å². The van der Waals surface area contributed by atoms with Crippen LogP contribution >= 0.6 is 0 Å². The second-order valence-electron chi connectivity index (χ2n) is 15.9. The molecular formula is C57H33N3. The molecule has 13 rings (SSSR count). The van der Waals surface area contributed by atoms with Gasteiger partial charge in [0.25, 0.3) is 0 Å². The van der Waals surface area contributed by atoms with Crippen molar-refractivity contribution in [3.63, 3.8) is 0 Å². The number of aromatic nitrogens is 3. The van der Waals surface area contributed by atoms with E-state index in [4.69, 9.17) is 9.97 Å². The minimum absolute atomic E-state index is 0.695. The topological polar surface area (TPSA) is 38.7 Å². The van der Waals surface area contributed by atoms with Gasteiger partial charge < -0.3 is 0 Å². The van der Waals surface area contributed by atoms with Crippen LogP contribution in [0.25, 0.3) is 131 Å². The Kier molecular flexibility index (Phi) is 7.01. The number of fused-ring (bicyclic) bond motifs is 4. The third kappa shape index (κ3) is 4.93. The average Bonchev–Trinajstić information content (AvgIpc) is 3.32. The van der Waals surface area contributed by atoms with Crippen LogP contribution in [-0.2, 0) is 0 Å². The van der Waals surface area contributed by atoms with Gasteiger partial charge in [-0.15, -0.1) is 0 Å². The lowest BCUT2D eigenvalue weighted by Gasteiger charge is -2.18. The Morgan fingerprint density at radius 3 is 1.55 bits per heavy atom. The zero-order valence-electron chi connectivity index (χ0n) is 32.4. The van der Waals surface area contributed by atoms with E-state index in [1.807, 2.05) is 30.5 Å². The first-order chi connectivity index (χ1) is 29.7. The van der Waals surface area contributed by atoms with Gasteiger partial charge in [0.2, 0.25) is 0 Å². The molecule has 0 saturated carbocycles. The molecule has 3 nitrogen and oxygen atoms in total. The second-order valence-corrected chi connectivity index (χ2v) is 15.9. The van der Waals surface area contributed by atoms with Crippen molar-refractivity contribution in [2.24, 2.45) is 0 Å². The molecule has 0 amide bonds. The fourth-order valence-electron chi connectivity index (χ4n) is 9.90. The predicted molar refractivity (Wildman–Crippen MR) is 253 cm³/mol. The van der Waals surface area contributed by atoms with E-state index in [0.717, 1.165) is 44.4 Å². The van der Waals surface area contributed by atoms with Crippen molar-refractivity contribution in [2.45, 2.75) is 0 Å². The molecular weight excluding hydrogens is 727 g/mol. The standard InChI is InChI=1S/C57H33N3/c1-2-10-37(11-3-1)57-59-51(39-25-28-50-38(30-39)15-9-29-58-50)33-52(60-57)45-27-26-42(43-16-4-5-17-44(43)45)41-31-40-24-23-36-13-7-19-47-46-18-6-12-34-21-22-35-14-8-20-48(55(35)53(34)46)49(32-41)56(40)54(36)47/h1-33H. The summed E-state index contributed by atoms with van der Waals surface area (Å²) in [5.41, 5.74) is 8.16. The van der Waals surface area contributed by atoms with E-state index in [1.54, 1.807) is 0 Å². The number of hydrogen-bond donors (Lipinski definition) is 0. The Morgan fingerprint density at radius 1 is 0.283 bits per heavy atom. The largest absolute Gasteiger partial charge is 0.256 e. The van der Waals surface area contributed by atoms with E-state index in [2.05, 4.69) is 175 Å². The summed E-state index contributed by atoms with van der Waals surface area (Å²) in [5.74, 6) is 0.695. The van der Waals surface area contributed by atoms with Gasteiger partial charge in [0, 0.05) is 28.3 Å². The molecule has 13 aromatic rings. The van der Waals surface area contributed by atoms with Gasteiger partial charge in [-0.25, -0.2) is 9.97 Å². The van der Waals surface area contributed by atoms with E-state index in [0.29, 0.717) is 5.82 Å². The molecule has 0 aliphatic rings. The van der Waals surface area contributed by atoms with Crippen molar-refractivity contribution < 1.29 is 0 Å². The van der Waals surface area contributed by atoms with Crippen LogP contribution in [0.5, 0.6) is 0 Å². The maximum atomic E-state index is 5.27. The molecule has 60 heavy (non-hydrogen) atoms. The molecule has 0 N–H and O–H groups in total. The van der Waals surface area contributed by atoms with Crippen LogP contribution < -0.4 is 0 Å². The first kappa shape index (κ1) is 33.0. The Labute approximate surface area is 345 Å². The molecule has 0 aliphatic heterocycles. The Balaban J connectivity index is 1.08. The number of pyridine rings is 1. The molecule has 0 spiro atoms. The van der Waals surface area contributed by atoms with Crippen molar-refractivity contribution in [3.05, 3.63) is 200 Å². The Hall–Kier alpha value is -8.01. The first-order valence-electron chi connectivity index (χ1n) is 20.5. The van der Waals surface area contributed by atoms with Gasteiger partial charge in [-0.05, 0) is 123 Å². The number of hydrogen-bond acceptors (Lipinski definition) is 3. The van der Waals surface area contributed by atoms with Crippen LogP contribution in [0.1, 0.15) is 0 Å². The van der Waals surface area contributed by atoms with Gasteiger partial charge in [0.05, 0.1) is 16.9 Å². The van der Waals surface area contributed by atoms with Crippen molar-refractivity contribution in [1.29, 1.82) is 0 Å². The minimum Gasteiger partial charge on any atom is -0.256 e. The van der Waals surface area contributed by atoms with Gasteiger partial charge in [-0.3, -0.25) is 4.98 Å². The fourth-order valence-corrected chi connectivity index (χ4v) is 9.90. The number of benzene rings is 10. The summed E-state index contributed by atoms with van der Waals surface area (Å²) in [5, 5.41) is 18.8. The zero-order valence-corrected chi connectivity index (χ0v) is 32.4. The highest BCUT2D eigenvalue weighted by Gasteiger charge is 2.19. The number of nitrogens with zero attached hydrogens (tertiary/aromatic N) is 3. The highest BCUT2D eigenvalue weighted by Crippen LogP contribution is 2.46. The molecule has 3 heteroatoms. The van der Waals surface area contributed by atoms with E-state index in [9.17, 15) is 0 Å². The molecule has 0 atom stereocenters. The van der Waals surface area contributed by atoms with Crippen molar-refractivity contribution in [3.8, 4) is 45.0 Å². The summed E-state index contributed by atoms with van der Waals surface area (Å²) in [6, 6.07) is 70.6. The summed E-state index contributed by atoms with van der Waals surface area (Å²) in [6.07, 6.45) is 1.83. The molecule has 2 aromatic heterocycles. The fraction of sp³-hybridized carbons (Fsp3) is 0. The van der Waals surface area contributed by atoms with Crippen LogP contribution in [0.2, 0.25) is 0 Å². The van der Waals surface area contributed by atoms with E-state index >= 15 is 0 Å². The maximum absolute atomic E-state index is 5.27. The Morgan fingerprint density at radius 2 is 0.833 bits per heavy atom. The number of rotatable bonds is 4. The normalized spacial score (nSPS) is 12.0. The molecule has 0 saturated heterocycles. The van der Waals surface area contributed by atoms with Gasteiger partial charge in [0.1, 0.15) is 0 Å². The van der Waals surface area contributed by atoms with E-state index in [1.165, 1.54) is 81.1 Å². The average molecular weight is 760 g/mol. The molecule has 0 bridgehead atoms. The monoisotopic (exact) mass is 759 g/mol. The lowest BCUT2D eigenvalue weighted by Crippen LogP contribution is -1.97. The van der Waals surface area contributed by atoms with Gasteiger partial charge in [-0.2, -0.15) is 0 Å². The van der Waals surface area contributed by atoms with Crippen LogP contribution in [0.4, 0.5) is 0 Å². The molecule has 0 radical (unpaired) electrons. The SMILES string of the molecule is c1ccc(-c2nc(-c3ccc4ncccc4c3)cc(-c3ccc(-c4cc5ccc6cccc7c8cccc9ccc%10cccc(c(c4)c5c67)c%10c98)c4ccccc34)n2)cc1. The lowest BCUT2D eigenvalue weighted by molar-refractivity contribution is 1.19. The molecule has 2 heterocycles. The highest BCUT2D eigenvalue weighted by molar-refractivity contribution is 6.37. The van der Waals surface area contributed by atoms with Crippen molar-refractivity contribution in [2.75, 3.05) is 0 Å². The van der Waals surface area contributed by atoms with Crippen LogP contribution in [0, 0.1) is 0 Å². The van der Waals surface area contributed by atoms with Crippen molar-refractivity contribution in [1.82, 2.24) is 15.0 Å². The van der Waals surface area contributed by atoms with Crippen LogP contribution in [-0.4, -0.2) is 15.0 Å². The van der Waals surface area contributed by atoms with Crippen molar-refractivity contribution >= 4 is 86.3 Å². The Bertz CT molecular complexity index is 3880. The van der Waals surface area contributed by atoms with Crippen LogP contribution in [0.15, 0.2) is 200 Å². The molecule has 11 aromatic carbocycles. The molecule has 0 unspecified atom stereocenters. The predicted octanol–water partition coefficient (Wildman–Crippen LogP) is 15.2. The van der Waals surface area contributed by atoms with E-state index < -0.39 is 0 Å². The van der Waals surface area contributed by atoms with Gasteiger partial charge in [-0.1, -0.05) is 158 Å². The summed E-state index contributed by atoms with van der Waals surface area (Å²) in [4.78, 5) is 15.0. The summed E-state index contributed by atoms with van der Waals surface area (Å²) in [7, 11) is 0. The third-order valence-corrected chi connectivity index (χ3v) is 12.6. The zero-order chi connectivity index (χ0) is 39.3. The molecule has 276 valence electrons. The second kappa shape index (κ2) is 12.7. The van der Waals surface area contributed by atoms with Gasteiger partial charge in [0.15, 0.2) is 5.82 Å². The minimum atomic E-state index is 0.695. The summed E-state index contributed by atoms with van der Waals surface area (Å²) in [6.45, 7) is 0. The lowest BCUT2D eigenvalue weighted by atomic mass is 9.86. The quantitative estimate of drug-likeness (QED) is 0.168. The summed E-state index contributed by atoms with van der Waals surface area (Å²) < 4.78 is 0. The first-order valence-corrected chi connectivity index (χ1v) is 20.5. The highest BCUT2D eigenvalue weighted by atomic mass is 14.9. The van der Waals surface area contributed by atoms with Crippen LogP contribution in [0.3, 0.4) is 0 Å². The molecule has 0 fully saturated rings. The molecule has 0 aliphatic carbocycles. The smallest absolute Gasteiger partial charge is 0.160 e. The van der Waals surface area contributed by atoms with Gasteiger partial charge >= 0.3 is 0 Å². The summed E-state index contributed by atoms with van der Waals surface area (Å²) >= 11 is 0. The maximum Gasteiger partial charge on any atom is 0.160 e.